The van der Waals surface area contributed by atoms with E-state index in [0.717, 1.165) is 0 Å². The first-order chi connectivity index (χ1) is 2.73. The van der Waals surface area contributed by atoms with Gasteiger partial charge in [0.15, 0.2) is 0 Å². The molecule has 2 N–H and O–H groups in total. The van der Waals surface area contributed by atoms with E-state index in [1.54, 1.807) is 0 Å². The maximum atomic E-state index is 8.33. The number of hydrogen-bond donors (Lipinski definition) is 2. The zero-order valence-corrected chi connectivity index (χ0v) is 8.62. The summed E-state index contributed by atoms with van der Waals surface area (Å²) in [5.41, 5.74) is 0. The molecule has 7 heteroatoms. The number of carbonyl (C=O) groups excluding carboxylic acids is 1. The van der Waals surface area contributed by atoms with E-state index < -0.39 is 6.16 Å². The second kappa shape index (κ2) is 24.1. The van der Waals surface area contributed by atoms with Crippen molar-refractivity contribution in [1.82, 2.24) is 0 Å². The van der Waals surface area contributed by atoms with Crippen molar-refractivity contribution >= 4 is 6.16 Å². The summed E-state index contributed by atoms with van der Waals surface area (Å²) in [6.45, 7) is 0. The third-order valence-corrected chi connectivity index (χ3v) is 0. The number of hydrogen-bond acceptors (Lipinski definition) is 5. The van der Waals surface area contributed by atoms with Crippen LogP contribution in [0.5, 0.6) is 0 Å². The van der Waals surface area contributed by atoms with Gasteiger partial charge >= 0.3 is 59.1 Å². The summed E-state index contributed by atoms with van der Waals surface area (Å²) in [5.74, 6) is 0. The molecular formula is CH2Na2O5. The van der Waals surface area contributed by atoms with Crippen LogP contribution in [0.25, 0.3) is 0 Å². The fraction of sp³-hybridized carbons (Fsp3) is 0. The summed E-state index contributed by atoms with van der Waals surface area (Å²) in [5, 5.41) is 28.7. The van der Waals surface area contributed by atoms with E-state index in [4.69, 9.17) is 25.5 Å². The molecular weight excluding hydrogens is 138 g/mol. The van der Waals surface area contributed by atoms with Crippen molar-refractivity contribution in [3.05, 3.63) is 0 Å². The third kappa shape index (κ3) is 195. The van der Waals surface area contributed by atoms with Crippen LogP contribution in [0.1, 0.15) is 0 Å². The van der Waals surface area contributed by atoms with Crippen molar-refractivity contribution in [3.63, 3.8) is 0 Å². The minimum absolute atomic E-state index is 0. The van der Waals surface area contributed by atoms with Crippen LogP contribution >= 0.6 is 0 Å². The van der Waals surface area contributed by atoms with E-state index in [1.165, 1.54) is 0 Å². The first kappa shape index (κ1) is 22.9. The van der Waals surface area contributed by atoms with Gasteiger partial charge in [0.2, 0.25) is 0 Å². The van der Waals surface area contributed by atoms with Crippen LogP contribution in [0.3, 0.4) is 0 Å². The first-order valence-electron chi connectivity index (χ1n) is 0.812. The van der Waals surface area contributed by atoms with Crippen molar-refractivity contribution in [2.24, 2.45) is 0 Å². The first-order valence-corrected chi connectivity index (χ1v) is 0.812. The second-order valence-electron chi connectivity index (χ2n) is 0.250. The van der Waals surface area contributed by atoms with Gasteiger partial charge in [-0.05, 0) is 6.16 Å². The molecule has 0 aromatic heterocycles. The van der Waals surface area contributed by atoms with Crippen LogP contribution in [-0.4, -0.2) is 16.7 Å². The monoisotopic (exact) mass is 140 g/mol. The molecule has 0 heterocycles. The zero-order valence-electron chi connectivity index (χ0n) is 4.62. The molecule has 0 radical (unpaired) electrons. The Morgan fingerprint density at radius 1 is 1.12 bits per heavy atom. The Labute approximate surface area is 89.8 Å². The summed E-state index contributed by atoms with van der Waals surface area (Å²) in [7, 11) is 0. The molecule has 0 aliphatic heterocycles. The molecule has 0 atom stereocenters. The molecule has 0 spiro atoms. The average molecular weight is 140 g/mol. The molecule has 0 saturated carbocycles. The fourth-order valence-electron chi connectivity index (χ4n) is 0. The van der Waals surface area contributed by atoms with Crippen LogP contribution in [0, 0.1) is 0 Å². The van der Waals surface area contributed by atoms with Crippen molar-refractivity contribution in [3.8, 4) is 0 Å². The maximum absolute atomic E-state index is 8.33. The summed E-state index contributed by atoms with van der Waals surface area (Å²) >= 11 is 0. The summed E-state index contributed by atoms with van der Waals surface area (Å²) in [6.07, 6.45) is -2.33. The molecule has 0 amide bonds. The standard InChI is InChI=1S/CH2O3.2Na.H2O2/c2-1(3)4;;;1-2/h(H2,2,3,4);;;1-2H/q;2*+1;/p-2. The van der Waals surface area contributed by atoms with Gasteiger partial charge in [-0.2, -0.15) is 0 Å². The minimum atomic E-state index is -2.33. The van der Waals surface area contributed by atoms with E-state index in [1.807, 2.05) is 0 Å². The van der Waals surface area contributed by atoms with Gasteiger partial charge in [0.25, 0.3) is 0 Å². The van der Waals surface area contributed by atoms with Gasteiger partial charge in [0.05, 0.1) is 0 Å². The SMILES string of the molecule is O=C([O-])[O-].OO.[Na+].[Na+]. The molecule has 0 bridgehead atoms. The fourth-order valence-corrected chi connectivity index (χ4v) is 0. The number of carbonyl (C=O) groups is 1. The van der Waals surface area contributed by atoms with Gasteiger partial charge in [-0.25, -0.2) is 0 Å². The van der Waals surface area contributed by atoms with Gasteiger partial charge in [0.1, 0.15) is 0 Å². The molecule has 0 aromatic rings. The quantitative estimate of drug-likeness (QED) is 0.197. The van der Waals surface area contributed by atoms with Gasteiger partial charge in [-0.1, -0.05) is 0 Å². The molecule has 0 aliphatic rings. The van der Waals surface area contributed by atoms with E-state index in [0.29, 0.717) is 0 Å². The zero-order chi connectivity index (χ0) is 5.58. The minimum Gasteiger partial charge on any atom is -0.652 e. The van der Waals surface area contributed by atoms with Crippen LogP contribution in [0.15, 0.2) is 0 Å². The van der Waals surface area contributed by atoms with Crippen molar-refractivity contribution in [2.75, 3.05) is 0 Å². The topological polar surface area (TPSA) is 104 Å². The summed E-state index contributed by atoms with van der Waals surface area (Å²) < 4.78 is 0. The molecule has 0 aromatic carbocycles. The normalized spacial score (nSPS) is 3.75. The van der Waals surface area contributed by atoms with E-state index in [2.05, 4.69) is 0 Å². The summed E-state index contributed by atoms with van der Waals surface area (Å²) in [4.78, 5) is 8.33. The van der Waals surface area contributed by atoms with Crippen molar-refractivity contribution in [2.45, 2.75) is 0 Å². The largest absolute Gasteiger partial charge is 1.00 e. The van der Waals surface area contributed by atoms with E-state index in [9.17, 15) is 0 Å². The number of rotatable bonds is 0. The second-order valence-corrected chi connectivity index (χ2v) is 0.250. The smallest absolute Gasteiger partial charge is 0.652 e. The number of carboxylic acid groups (broad SMARTS) is 2. The Morgan fingerprint density at radius 3 is 1.12 bits per heavy atom. The van der Waals surface area contributed by atoms with E-state index >= 15 is 0 Å². The molecule has 5 nitrogen and oxygen atoms in total. The van der Waals surface area contributed by atoms with Gasteiger partial charge in [-0.15, -0.1) is 0 Å². The Bertz CT molecular complexity index is 33.4. The van der Waals surface area contributed by atoms with Crippen molar-refractivity contribution in [1.29, 1.82) is 0 Å². The van der Waals surface area contributed by atoms with Gasteiger partial charge in [-0.3, -0.25) is 10.5 Å². The Kier molecular flexibility index (Phi) is 69.0. The molecule has 0 fully saturated rings. The predicted molar refractivity (Wildman–Crippen MR) is 10.7 cm³/mol. The van der Waals surface area contributed by atoms with E-state index in [-0.39, 0.29) is 59.1 Å². The average Bonchev–Trinajstić information content (AvgIpc) is 1.41. The molecule has 0 rings (SSSR count). The Hall–Kier alpha value is 1.19. The third-order valence-electron chi connectivity index (χ3n) is 0. The molecule has 0 unspecified atom stereocenters. The van der Waals surface area contributed by atoms with Crippen LogP contribution in [-0.2, 0) is 0 Å². The molecule has 8 heavy (non-hydrogen) atoms. The maximum Gasteiger partial charge on any atom is 1.00 e. The van der Waals surface area contributed by atoms with Crippen LogP contribution in [0.2, 0.25) is 0 Å². The molecule has 0 saturated heterocycles. The summed E-state index contributed by atoms with van der Waals surface area (Å²) in [6, 6.07) is 0. The Balaban J connectivity index is -0.0000000183. The molecule has 38 valence electrons. The molecule has 0 aliphatic carbocycles. The van der Waals surface area contributed by atoms with Gasteiger partial charge < -0.3 is 15.0 Å². The van der Waals surface area contributed by atoms with Gasteiger partial charge in [0, 0.05) is 0 Å². The van der Waals surface area contributed by atoms with Crippen LogP contribution in [0.4, 0.5) is 4.79 Å². The predicted octanol–water partition coefficient (Wildman–Crippen LogP) is -8.42. The van der Waals surface area contributed by atoms with Crippen molar-refractivity contribution < 1.29 is 84.6 Å². The Morgan fingerprint density at radius 2 is 1.12 bits per heavy atom. The van der Waals surface area contributed by atoms with Crippen LogP contribution < -0.4 is 69.3 Å².